The number of nitrogens with one attached hydrogen (secondary N) is 2. The van der Waals surface area contributed by atoms with E-state index in [-0.39, 0.29) is 37.3 Å². The number of anilines is 3. The first kappa shape index (κ1) is 29.9. The number of rotatable bonds is 12. The average Bonchev–Trinajstić information content (AvgIpc) is 2.91. The van der Waals surface area contributed by atoms with Crippen molar-refractivity contribution in [2.24, 2.45) is 10.9 Å². The van der Waals surface area contributed by atoms with Gasteiger partial charge in [0, 0.05) is 45.8 Å². The third kappa shape index (κ3) is 8.18. The third-order valence-electron chi connectivity index (χ3n) is 5.40. The Balaban J connectivity index is 1.86. The highest BCUT2D eigenvalue weighted by atomic mass is 35.5. The van der Waals surface area contributed by atoms with Crippen LogP contribution in [-0.2, 0) is 16.1 Å². The molecule has 3 aromatic rings. The quantitative estimate of drug-likeness (QED) is 0.0521. The van der Waals surface area contributed by atoms with Crippen LogP contribution in [-0.4, -0.2) is 42.2 Å². The van der Waals surface area contributed by atoms with Gasteiger partial charge < -0.3 is 41.5 Å². The van der Waals surface area contributed by atoms with Gasteiger partial charge in [-0.05, 0) is 69.3 Å². The van der Waals surface area contributed by atoms with E-state index in [1.165, 1.54) is 6.07 Å². The molecule has 0 spiro atoms. The Morgan fingerprint density at radius 3 is 2.48 bits per heavy atom. The van der Waals surface area contributed by atoms with Crippen LogP contribution in [0.5, 0.6) is 11.5 Å². The first-order valence-corrected chi connectivity index (χ1v) is 12.8. The van der Waals surface area contributed by atoms with Gasteiger partial charge in [-0.15, -0.1) is 0 Å². The summed E-state index contributed by atoms with van der Waals surface area (Å²) in [5.74, 6) is -0.288. The minimum atomic E-state index is -0.523. The van der Waals surface area contributed by atoms with Crippen molar-refractivity contribution in [3.05, 3.63) is 76.3 Å². The zero-order valence-electron chi connectivity index (χ0n) is 22.4. The Labute approximate surface area is 237 Å². The molecule has 0 aliphatic carbocycles. The van der Waals surface area contributed by atoms with Crippen molar-refractivity contribution in [3.8, 4) is 11.5 Å². The highest BCUT2D eigenvalue weighted by Gasteiger charge is 2.18. The zero-order chi connectivity index (χ0) is 29.2. The lowest BCUT2D eigenvalue weighted by molar-refractivity contribution is -0.145. The normalized spacial score (nSPS) is 11.2. The van der Waals surface area contributed by atoms with Crippen LogP contribution in [0.2, 0.25) is 5.02 Å². The molecule has 11 nitrogen and oxygen atoms in total. The second-order valence-corrected chi connectivity index (χ2v) is 9.26. The van der Waals surface area contributed by atoms with Crippen LogP contribution in [0.1, 0.15) is 42.3 Å². The predicted molar refractivity (Wildman–Crippen MR) is 154 cm³/mol. The molecular formula is C28H32ClN5O6. The molecule has 0 fully saturated rings. The van der Waals surface area contributed by atoms with Crippen molar-refractivity contribution in [1.29, 1.82) is 0 Å². The molecule has 12 heteroatoms. The van der Waals surface area contributed by atoms with E-state index in [2.05, 4.69) is 15.8 Å². The molecule has 0 saturated heterocycles. The van der Waals surface area contributed by atoms with Crippen LogP contribution in [0.3, 0.4) is 0 Å². The van der Waals surface area contributed by atoms with Gasteiger partial charge >= 0.3 is 5.97 Å². The summed E-state index contributed by atoms with van der Waals surface area (Å²) in [7, 11) is 0. The number of esters is 1. The maximum Gasteiger partial charge on any atom is 0.344 e. The van der Waals surface area contributed by atoms with Crippen LogP contribution in [0.4, 0.5) is 17.1 Å². The van der Waals surface area contributed by atoms with Crippen LogP contribution < -0.4 is 31.6 Å². The zero-order valence-corrected chi connectivity index (χ0v) is 23.1. The summed E-state index contributed by atoms with van der Waals surface area (Å²) < 4.78 is 16.7. The van der Waals surface area contributed by atoms with Crippen LogP contribution in [0.25, 0.3) is 0 Å². The monoisotopic (exact) mass is 569 g/mol. The number of ether oxygens (including phenoxy) is 3. The number of hydrogen-bond donors (Lipinski definition) is 5. The Morgan fingerprint density at radius 2 is 1.82 bits per heavy atom. The fraction of sp³-hybridized carbons (Fsp3) is 0.250. The molecule has 0 aromatic heterocycles. The molecule has 0 aliphatic rings. The molecule has 0 aliphatic heterocycles. The molecule has 3 aromatic carbocycles. The highest BCUT2D eigenvalue weighted by Crippen LogP contribution is 2.36. The first-order valence-electron chi connectivity index (χ1n) is 12.4. The lowest BCUT2D eigenvalue weighted by atomic mass is 10.1. The average molecular weight is 570 g/mol. The summed E-state index contributed by atoms with van der Waals surface area (Å²) in [5.41, 5.74) is 14.5. The second-order valence-electron chi connectivity index (χ2n) is 8.83. The summed E-state index contributed by atoms with van der Waals surface area (Å²) in [5, 5.41) is 18.2. The number of hydrogen-bond acceptors (Lipinski definition) is 9. The van der Waals surface area contributed by atoms with Crippen molar-refractivity contribution in [2.75, 3.05) is 29.6 Å². The van der Waals surface area contributed by atoms with E-state index < -0.39 is 11.9 Å². The summed E-state index contributed by atoms with van der Waals surface area (Å²) in [6.07, 6.45) is -0.180. The standard InChI is InChI=1S/C28H32ClN5O6/c1-4-38-25(35)15-39-26-18(11-20(30)13-24(26)40-16(2)3)14-32-23-10-7-19(29)12-22(23)28(36)33-21-8-5-17(6-9-21)27(31)34-37/h5-13,16,32,37H,4,14-15,30H2,1-3H3,(H2,31,34)(H,33,36). The number of amidine groups is 1. The van der Waals surface area contributed by atoms with Gasteiger partial charge in [0.2, 0.25) is 0 Å². The van der Waals surface area contributed by atoms with Crippen molar-refractivity contribution in [3.63, 3.8) is 0 Å². The number of carbonyl (C=O) groups is 2. The number of benzene rings is 3. The minimum absolute atomic E-state index is 0.0479. The van der Waals surface area contributed by atoms with Gasteiger partial charge in [0.05, 0.1) is 18.3 Å². The van der Waals surface area contributed by atoms with Crippen LogP contribution >= 0.6 is 11.6 Å². The summed E-state index contributed by atoms with van der Waals surface area (Å²) in [6, 6.07) is 14.6. The third-order valence-corrected chi connectivity index (χ3v) is 5.63. The maximum atomic E-state index is 13.2. The van der Waals surface area contributed by atoms with Gasteiger partial charge in [-0.25, -0.2) is 4.79 Å². The van der Waals surface area contributed by atoms with Gasteiger partial charge in [-0.1, -0.05) is 16.8 Å². The lowest BCUT2D eigenvalue weighted by Gasteiger charge is -2.20. The molecule has 0 unspecified atom stereocenters. The number of oxime groups is 1. The molecule has 0 radical (unpaired) electrons. The Morgan fingerprint density at radius 1 is 1.10 bits per heavy atom. The second kappa shape index (κ2) is 13.9. The largest absolute Gasteiger partial charge is 0.487 e. The smallest absolute Gasteiger partial charge is 0.344 e. The Hall–Kier alpha value is -4.64. The van der Waals surface area contributed by atoms with E-state index in [0.29, 0.717) is 44.7 Å². The summed E-state index contributed by atoms with van der Waals surface area (Å²) in [6.45, 7) is 5.51. The number of amides is 1. The number of nitrogen functional groups attached to an aromatic ring is 1. The Kier molecular flexibility index (Phi) is 10.4. The number of nitrogens with zero attached hydrogens (tertiary/aromatic N) is 1. The SMILES string of the molecule is CCOC(=O)COc1c(CNc2ccc(Cl)cc2C(=O)Nc2ccc(/C(N)=N/O)cc2)cc(N)cc1OC(C)C. The molecular weight excluding hydrogens is 538 g/mol. The predicted octanol–water partition coefficient (Wildman–Crippen LogP) is 4.61. The number of nitrogens with two attached hydrogens (primary N) is 2. The fourth-order valence-corrected chi connectivity index (χ4v) is 3.86. The van der Waals surface area contributed by atoms with Gasteiger partial charge in [-0.3, -0.25) is 4.79 Å². The molecule has 0 bridgehead atoms. The van der Waals surface area contributed by atoms with Gasteiger partial charge in [0.1, 0.15) is 0 Å². The number of carbonyl (C=O) groups excluding carboxylic acids is 2. The molecule has 212 valence electrons. The van der Waals surface area contributed by atoms with E-state index in [9.17, 15) is 9.59 Å². The van der Waals surface area contributed by atoms with Crippen LogP contribution in [0, 0.1) is 0 Å². The van der Waals surface area contributed by atoms with Gasteiger partial charge in [0.15, 0.2) is 23.9 Å². The molecule has 0 heterocycles. The molecule has 1 amide bonds. The summed E-state index contributed by atoms with van der Waals surface area (Å²) >= 11 is 6.21. The lowest BCUT2D eigenvalue weighted by Crippen LogP contribution is -2.18. The van der Waals surface area contributed by atoms with Gasteiger partial charge in [-0.2, -0.15) is 0 Å². The fourth-order valence-electron chi connectivity index (χ4n) is 3.68. The van der Waals surface area contributed by atoms with Crippen molar-refractivity contribution in [2.45, 2.75) is 33.4 Å². The van der Waals surface area contributed by atoms with Gasteiger partial charge in [0.25, 0.3) is 5.91 Å². The van der Waals surface area contributed by atoms with Crippen LogP contribution in [0.15, 0.2) is 59.8 Å². The van der Waals surface area contributed by atoms with E-state index in [1.54, 1.807) is 55.5 Å². The molecule has 0 atom stereocenters. The van der Waals surface area contributed by atoms with Crippen molar-refractivity contribution < 1.29 is 29.0 Å². The van der Waals surface area contributed by atoms with E-state index in [4.69, 9.17) is 42.5 Å². The van der Waals surface area contributed by atoms with E-state index in [0.717, 1.165) is 0 Å². The Bertz CT molecular complexity index is 1380. The van der Waals surface area contributed by atoms with E-state index in [1.807, 2.05) is 13.8 Å². The molecule has 0 saturated carbocycles. The highest BCUT2D eigenvalue weighted by molar-refractivity contribution is 6.31. The summed E-state index contributed by atoms with van der Waals surface area (Å²) in [4.78, 5) is 25.2. The minimum Gasteiger partial charge on any atom is -0.487 e. The first-order chi connectivity index (χ1) is 19.1. The molecule has 7 N–H and O–H groups in total. The van der Waals surface area contributed by atoms with E-state index >= 15 is 0 Å². The molecule has 40 heavy (non-hydrogen) atoms. The maximum absolute atomic E-state index is 13.2. The topological polar surface area (TPSA) is 171 Å². The number of halogens is 1. The van der Waals surface area contributed by atoms with Crippen molar-refractivity contribution in [1.82, 2.24) is 0 Å². The van der Waals surface area contributed by atoms with Crippen molar-refractivity contribution >= 4 is 46.4 Å². The molecule has 3 rings (SSSR count).